The molecule has 0 spiro atoms. The molecule has 382 valence electrons. The second-order valence-corrected chi connectivity index (χ2v) is 19.8. The molecule has 4 N–H and O–H groups in total. The van der Waals surface area contributed by atoms with Gasteiger partial charge in [-0.1, -0.05) is 231 Å². The predicted octanol–water partition coefficient (Wildman–Crippen LogP) is 15.4. The minimum atomic E-state index is -4.73. The number of esters is 2. The van der Waals surface area contributed by atoms with Gasteiger partial charge in [0.25, 0.3) is 0 Å². The van der Waals surface area contributed by atoms with Crippen molar-refractivity contribution in [2.75, 3.05) is 19.8 Å². The molecule has 0 fully saturated rings. The standard InChI is InChI=1S/C53H100NO10P/c1-3-5-7-9-11-13-15-17-19-21-23-24-25-26-27-29-31-33-35-37-39-41-43-45-52(56)64-49(47-62-65(59,60)63-48-50(54)53(57)58)46-61-51(55)44-42-40-38-36-34-32-30-28-22-20-18-16-14-12-10-8-6-4-2/h29,31,37,39,49-50H,3-28,30,32-36,38,40-48,54H2,1-2H3,(H,57,58)(H,59,60)/b31-29+,39-37+/t49-,50+/m1/s1. The number of nitrogens with two attached hydrogens (primary N) is 1. The number of rotatable bonds is 51. The topological polar surface area (TPSA) is 172 Å². The maximum absolute atomic E-state index is 12.7. The largest absolute Gasteiger partial charge is 0.480 e. The summed E-state index contributed by atoms with van der Waals surface area (Å²) in [4.78, 5) is 46.2. The van der Waals surface area contributed by atoms with E-state index in [9.17, 15) is 23.8 Å². The Kier molecular flexibility index (Phi) is 46.9. The van der Waals surface area contributed by atoms with Crippen molar-refractivity contribution in [2.24, 2.45) is 5.73 Å². The Balaban J connectivity index is 4.24. The molecule has 0 amide bonds. The molecule has 0 aliphatic rings. The zero-order valence-electron chi connectivity index (χ0n) is 41.8. The first kappa shape index (κ1) is 63.0. The average molecular weight is 942 g/mol. The molecule has 11 nitrogen and oxygen atoms in total. The van der Waals surface area contributed by atoms with E-state index in [0.29, 0.717) is 19.3 Å². The maximum atomic E-state index is 12.7. The third-order valence-electron chi connectivity index (χ3n) is 11.9. The summed E-state index contributed by atoms with van der Waals surface area (Å²) >= 11 is 0. The monoisotopic (exact) mass is 942 g/mol. The van der Waals surface area contributed by atoms with Gasteiger partial charge in [-0.2, -0.15) is 0 Å². The first-order valence-corrected chi connectivity index (χ1v) is 28.4. The van der Waals surface area contributed by atoms with Gasteiger partial charge in [0, 0.05) is 12.8 Å². The number of hydrogen-bond donors (Lipinski definition) is 3. The Morgan fingerprint density at radius 3 is 1.22 bits per heavy atom. The van der Waals surface area contributed by atoms with Crippen LogP contribution in [0.25, 0.3) is 0 Å². The van der Waals surface area contributed by atoms with Crippen LogP contribution in [0.1, 0.15) is 264 Å². The van der Waals surface area contributed by atoms with Gasteiger partial charge in [0.05, 0.1) is 13.2 Å². The molecule has 0 radical (unpaired) electrons. The van der Waals surface area contributed by atoms with E-state index in [1.54, 1.807) is 0 Å². The number of hydrogen-bond acceptors (Lipinski definition) is 9. The van der Waals surface area contributed by atoms with Gasteiger partial charge >= 0.3 is 25.7 Å². The van der Waals surface area contributed by atoms with Crippen molar-refractivity contribution in [1.82, 2.24) is 0 Å². The first-order valence-electron chi connectivity index (χ1n) is 26.9. The van der Waals surface area contributed by atoms with Crippen molar-refractivity contribution >= 4 is 25.7 Å². The van der Waals surface area contributed by atoms with Crippen molar-refractivity contribution in [3.63, 3.8) is 0 Å². The Morgan fingerprint density at radius 2 is 0.800 bits per heavy atom. The fourth-order valence-electron chi connectivity index (χ4n) is 7.74. The van der Waals surface area contributed by atoms with Crippen LogP contribution in [0.5, 0.6) is 0 Å². The number of aliphatic carboxylic acids is 1. The van der Waals surface area contributed by atoms with Crippen molar-refractivity contribution in [3.8, 4) is 0 Å². The van der Waals surface area contributed by atoms with Gasteiger partial charge in [-0.15, -0.1) is 0 Å². The number of carbonyl (C=O) groups excluding carboxylic acids is 2. The summed E-state index contributed by atoms with van der Waals surface area (Å²) in [5.41, 5.74) is 5.35. The van der Waals surface area contributed by atoms with Gasteiger partial charge in [0.1, 0.15) is 12.6 Å². The molecular weight excluding hydrogens is 842 g/mol. The molecule has 0 aromatic heterocycles. The summed E-state index contributed by atoms with van der Waals surface area (Å²) in [5.74, 6) is -2.41. The zero-order valence-corrected chi connectivity index (χ0v) is 42.7. The molecule has 0 bridgehead atoms. The number of phosphoric ester groups is 1. The van der Waals surface area contributed by atoms with E-state index >= 15 is 0 Å². The van der Waals surface area contributed by atoms with Crippen LogP contribution in [0.2, 0.25) is 0 Å². The molecule has 0 aliphatic carbocycles. The summed E-state index contributed by atoms with van der Waals surface area (Å²) < 4.78 is 32.8. The fraction of sp³-hybridized carbons (Fsp3) is 0.868. The van der Waals surface area contributed by atoms with E-state index in [2.05, 4.69) is 42.7 Å². The molecule has 12 heteroatoms. The Hall–Kier alpha value is -2.04. The molecule has 0 saturated carbocycles. The highest BCUT2D eigenvalue weighted by molar-refractivity contribution is 7.47. The average Bonchev–Trinajstić information content (AvgIpc) is 3.28. The van der Waals surface area contributed by atoms with Crippen molar-refractivity contribution in [3.05, 3.63) is 24.3 Å². The number of ether oxygens (including phenoxy) is 2. The van der Waals surface area contributed by atoms with Gasteiger partial charge in [-0.25, -0.2) is 4.57 Å². The van der Waals surface area contributed by atoms with Crippen LogP contribution in [0.3, 0.4) is 0 Å². The number of carboxylic acids is 1. The molecule has 0 saturated heterocycles. The van der Waals surface area contributed by atoms with Crippen LogP contribution in [0.4, 0.5) is 0 Å². The number of carbonyl (C=O) groups is 3. The summed E-state index contributed by atoms with van der Waals surface area (Å²) in [6.07, 6.45) is 54.0. The highest BCUT2D eigenvalue weighted by atomic mass is 31.2. The zero-order chi connectivity index (χ0) is 47.7. The first-order chi connectivity index (χ1) is 31.6. The van der Waals surface area contributed by atoms with E-state index < -0.39 is 51.1 Å². The molecular formula is C53H100NO10P. The van der Waals surface area contributed by atoms with Gasteiger partial charge in [0.15, 0.2) is 6.10 Å². The number of carboxylic acid groups (broad SMARTS) is 1. The molecule has 0 aromatic carbocycles. The number of unbranched alkanes of at least 4 members (excludes halogenated alkanes) is 33. The van der Waals surface area contributed by atoms with E-state index in [1.165, 1.54) is 180 Å². The molecule has 0 aliphatic heterocycles. The lowest BCUT2D eigenvalue weighted by Crippen LogP contribution is -2.34. The lowest BCUT2D eigenvalue weighted by Gasteiger charge is -2.20. The Bertz CT molecular complexity index is 1200. The van der Waals surface area contributed by atoms with Crippen LogP contribution >= 0.6 is 7.82 Å². The van der Waals surface area contributed by atoms with Crippen LogP contribution in [0.15, 0.2) is 24.3 Å². The molecule has 1 unspecified atom stereocenters. The van der Waals surface area contributed by atoms with Gasteiger partial charge in [-0.05, 0) is 44.9 Å². The molecule has 0 rings (SSSR count). The van der Waals surface area contributed by atoms with E-state index in [4.69, 9.17) is 24.8 Å². The van der Waals surface area contributed by atoms with Crippen LogP contribution < -0.4 is 5.73 Å². The quantitative estimate of drug-likeness (QED) is 0.0229. The third kappa shape index (κ3) is 48.2. The van der Waals surface area contributed by atoms with Crippen molar-refractivity contribution in [2.45, 2.75) is 276 Å². The SMILES string of the molecule is CCCCCCCCCCCCCCCC/C=C/CC/C=C/CCCC(=O)O[C@H](COC(=O)CCCCCCCCCCCCCCCCCCCC)COP(=O)(O)OC[C@H](N)C(=O)O. The summed E-state index contributed by atoms with van der Waals surface area (Å²) in [7, 11) is -4.73. The Morgan fingerprint density at radius 1 is 0.462 bits per heavy atom. The second kappa shape index (κ2) is 48.4. The fourth-order valence-corrected chi connectivity index (χ4v) is 8.51. The van der Waals surface area contributed by atoms with Crippen LogP contribution in [-0.4, -0.2) is 59.9 Å². The normalized spacial score (nSPS) is 13.7. The second-order valence-electron chi connectivity index (χ2n) is 18.4. The van der Waals surface area contributed by atoms with Crippen LogP contribution in [0, 0.1) is 0 Å². The number of phosphoric acid groups is 1. The summed E-state index contributed by atoms with van der Waals surface area (Å²) in [6, 6.07) is -1.53. The third-order valence-corrected chi connectivity index (χ3v) is 12.9. The molecule has 3 atom stereocenters. The highest BCUT2D eigenvalue weighted by Gasteiger charge is 2.28. The minimum absolute atomic E-state index is 0.105. The van der Waals surface area contributed by atoms with Crippen LogP contribution in [-0.2, 0) is 37.5 Å². The van der Waals surface area contributed by atoms with Crippen molar-refractivity contribution < 1.29 is 47.5 Å². The lowest BCUT2D eigenvalue weighted by atomic mass is 10.0. The maximum Gasteiger partial charge on any atom is 0.472 e. The van der Waals surface area contributed by atoms with Gasteiger partial charge < -0.3 is 25.2 Å². The smallest absolute Gasteiger partial charge is 0.472 e. The van der Waals surface area contributed by atoms with Gasteiger partial charge in [-0.3, -0.25) is 23.4 Å². The number of allylic oxidation sites excluding steroid dienone is 4. The Labute approximate surface area is 398 Å². The minimum Gasteiger partial charge on any atom is -0.480 e. The predicted molar refractivity (Wildman–Crippen MR) is 268 cm³/mol. The van der Waals surface area contributed by atoms with Crippen molar-refractivity contribution in [1.29, 1.82) is 0 Å². The van der Waals surface area contributed by atoms with Gasteiger partial charge in [0.2, 0.25) is 0 Å². The lowest BCUT2D eigenvalue weighted by molar-refractivity contribution is -0.161. The van der Waals surface area contributed by atoms with E-state index in [0.717, 1.165) is 38.5 Å². The summed E-state index contributed by atoms with van der Waals surface area (Å²) in [5, 5.41) is 8.92. The molecule has 0 heterocycles. The summed E-state index contributed by atoms with van der Waals surface area (Å²) in [6.45, 7) is 2.83. The highest BCUT2D eigenvalue weighted by Crippen LogP contribution is 2.43. The van der Waals surface area contributed by atoms with E-state index in [1.807, 2.05) is 0 Å². The molecule has 0 aromatic rings. The van der Waals surface area contributed by atoms with E-state index in [-0.39, 0.29) is 19.4 Å². The molecule has 65 heavy (non-hydrogen) atoms.